The Bertz CT molecular complexity index is 527. The van der Waals surface area contributed by atoms with Gasteiger partial charge < -0.3 is 0 Å². The van der Waals surface area contributed by atoms with Gasteiger partial charge in [-0.15, -0.1) is 0 Å². The van der Waals surface area contributed by atoms with E-state index < -0.39 is 10.0 Å². The zero-order valence-electron chi connectivity index (χ0n) is 10.2. The van der Waals surface area contributed by atoms with Crippen LogP contribution in [0.1, 0.15) is 19.4 Å². The molecule has 0 aliphatic rings. The average Bonchev–Trinajstić information content (AvgIpc) is 2.21. The van der Waals surface area contributed by atoms with E-state index in [9.17, 15) is 8.42 Å². The van der Waals surface area contributed by atoms with Crippen LogP contribution in [0.25, 0.3) is 0 Å². The van der Waals surface area contributed by atoms with Crippen LogP contribution in [-0.2, 0) is 10.0 Å². The highest BCUT2D eigenvalue weighted by Crippen LogP contribution is 2.30. The molecule has 0 amide bonds. The molecule has 0 saturated carbocycles. The summed E-state index contributed by atoms with van der Waals surface area (Å²) in [6.07, 6.45) is 0. The standard InChI is InChI=1S/C11H15Br2NO2S/c1-7(2)14(4)17(15,16)11-6-9(12)8(3)5-10(11)13/h5-7H,1-4H3. The predicted molar refractivity (Wildman–Crippen MR) is 76.7 cm³/mol. The highest BCUT2D eigenvalue weighted by molar-refractivity contribution is 9.11. The molecule has 0 radical (unpaired) electrons. The van der Waals surface area contributed by atoms with Gasteiger partial charge >= 0.3 is 0 Å². The van der Waals surface area contributed by atoms with Gasteiger partial charge in [-0.25, -0.2) is 8.42 Å². The lowest BCUT2D eigenvalue weighted by Crippen LogP contribution is -2.33. The number of benzene rings is 1. The van der Waals surface area contributed by atoms with Crippen molar-refractivity contribution in [2.45, 2.75) is 31.7 Å². The molecule has 3 nitrogen and oxygen atoms in total. The number of hydrogen-bond acceptors (Lipinski definition) is 2. The Labute approximate surface area is 120 Å². The second kappa shape index (κ2) is 5.38. The summed E-state index contributed by atoms with van der Waals surface area (Å²) in [6.45, 7) is 5.60. The number of hydrogen-bond donors (Lipinski definition) is 0. The molecule has 1 rings (SSSR count). The lowest BCUT2D eigenvalue weighted by Gasteiger charge is -2.22. The zero-order valence-corrected chi connectivity index (χ0v) is 14.1. The van der Waals surface area contributed by atoms with E-state index >= 15 is 0 Å². The minimum absolute atomic E-state index is 0.0769. The minimum atomic E-state index is -3.45. The second-order valence-corrected chi connectivity index (χ2v) is 7.82. The monoisotopic (exact) mass is 383 g/mol. The van der Waals surface area contributed by atoms with Crippen molar-refractivity contribution in [2.75, 3.05) is 7.05 Å². The van der Waals surface area contributed by atoms with Crippen LogP contribution >= 0.6 is 31.9 Å². The van der Waals surface area contributed by atoms with Crippen molar-refractivity contribution in [1.29, 1.82) is 0 Å². The molecular formula is C11H15Br2NO2S. The fourth-order valence-electron chi connectivity index (χ4n) is 1.26. The van der Waals surface area contributed by atoms with Gasteiger partial charge in [-0.3, -0.25) is 0 Å². The molecule has 0 aromatic heterocycles. The van der Waals surface area contributed by atoms with Crippen LogP contribution in [0.2, 0.25) is 0 Å². The summed E-state index contributed by atoms with van der Waals surface area (Å²) in [5.41, 5.74) is 0.989. The molecule has 0 fully saturated rings. The molecule has 17 heavy (non-hydrogen) atoms. The van der Waals surface area contributed by atoms with Crippen LogP contribution < -0.4 is 0 Å². The zero-order chi connectivity index (χ0) is 13.4. The van der Waals surface area contributed by atoms with Gasteiger partial charge in [0.25, 0.3) is 0 Å². The van der Waals surface area contributed by atoms with Gasteiger partial charge in [0.15, 0.2) is 0 Å². The van der Waals surface area contributed by atoms with Crippen molar-refractivity contribution in [1.82, 2.24) is 4.31 Å². The molecule has 1 aromatic carbocycles. The molecular weight excluding hydrogens is 370 g/mol. The first-order chi connectivity index (χ1) is 7.67. The summed E-state index contributed by atoms with van der Waals surface area (Å²) < 4.78 is 27.4. The van der Waals surface area contributed by atoms with Crippen molar-refractivity contribution >= 4 is 41.9 Å². The smallest absolute Gasteiger partial charge is 0.207 e. The third-order valence-corrected chi connectivity index (χ3v) is 6.44. The third kappa shape index (κ3) is 3.10. The van der Waals surface area contributed by atoms with Crippen molar-refractivity contribution < 1.29 is 8.42 Å². The van der Waals surface area contributed by atoms with Gasteiger partial charge in [-0.1, -0.05) is 15.9 Å². The van der Waals surface area contributed by atoms with Gasteiger partial charge in [-0.2, -0.15) is 4.31 Å². The molecule has 0 aliphatic heterocycles. The Morgan fingerprint density at radius 1 is 1.18 bits per heavy atom. The maximum absolute atomic E-state index is 12.3. The molecule has 0 N–H and O–H groups in total. The molecule has 6 heteroatoms. The van der Waals surface area contributed by atoms with E-state index in [1.165, 1.54) is 4.31 Å². The molecule has 0 heterocycles. The highest BCUT2D eigenvalue weighted by atomic mass is 79.9. The van der Waals surface area contributed by atoms with Gasteiger partial charge in [0, 0.05) is 22.0 Å². The van der Waals surface area contributed by atoms with E-state index in [1.807, 2.05) is 20.8 Å². The first-order valence-corrected chi connectivity index (χ1v) is 8.14. The van der Waals surface area contributed by atoms with Crippen molar-refractivity contribution in [3.05, 3.63) is 26.6 Å². The Hall–Kier alpha value is 0.0900. The van der Waals surface area contributed by atoms with E-state index in [0.29, 0.717) is 4.47 Å². The van der Waals surface area contributed by atoms with E-state index in [4.69, 9.17) is 0 Å². The average molecular weight is 385 g/mol. The SMILES string of the molecule is Cc1cc(Br)c(S(=O)(=O)N(C)C(C)C)cc1Br. The van der Waals surface area contributed by atoms with Gasteiger partial charge in [0.2, 0.25) is 10.0 Å². The van der Waals surface area contributed by atoms with E-state index in [2.05, 4.69) is 31.9 Å². The topological polar surface area (TPSA) is 37.4 Å². The largest absolute Gasteiger partial charge is 0.244 e. The third-order valence-electron chi connectivity index (χ3n) is 2.60. The van der Waals surface area contributed by atoms with Gasteiger partial charge in [-0.05, 0) is 54.4 Å². The Kier molecular flexibility index (Phi) is 4.80. The summed E-state index contributed by atoms with van der Waals surface area (Å²) in [7, 11) is -1.87. The van der Waals surface area contributed by atoms with Crippen LogP contribution in [0, 0.1) is 6.92 Å². The maximum atomic E-state index is 12.3. The van der Waals surface area contributed by atoms with Crippen molar-refractivity contribution in [2.24, 2.45) is 0 Å². The van der Waals surface area contributed by atoms with Crippen molar-refractivity contribution in [3.63, 3.8) is 0 Å². The van der Waals surface area contributed by atoms with Crippen molar-refractivity contribution in [3.8, 4) is 0 Å². The van der Waals surface area contributed by atoms with Crippen LogP contribution in [0.15, 0.2) is 26.0 Å². The summed E-state index contributed by atoms with van der Waals surface area (Å²) in [5.74, 6) is 0. The Morgan fingerprint density at radius 2 is 1.71 bits per heavy atom. The molecule has 96 valence electrons. The maximum Gasteiger partial charge on any atom is 0.244 e. The Balaban J connectivity index is 3.39. The number of nitrogens with zero attached hydrogens (tertiary/aromatic N) is 1. The fraction of sp³-hybridized carbons (Fsp3) is 0.455. The molecule has 1 aromatic rings. The van der Waals surface area contributed by atoms with Crippen LogP contribution in [0.4, 0.5) is 0 Å². The highest BCUT2D eigenvalue weighted by Gasteiger charge is 2.25. The first-order valence-electron chi connectivity index (χ1n) is 5.11. The number of halogens is 2. The number of sulfonamides is 1. The van der Waals surface area contributed by atoms with E-state index in [0.717, 1.165) is 10.0 Å². The second-order valence-electron chi connectivity index (χ2n) is 4.15. The normalized spacial score (nSPS) is 12.5. The minimum Gasteiger partial charge on any atom is -0.207 e. The van der Waals surface area contributed by atoms with E-state index in [1.54, 1.807) is 19.2 Å². The number of aryl methyl sites for hydroxylation is 1. The predicted octanol–water partition coefficient (Wildman–Crippen LogP) is 3.55. The summed E-state index contributed by atoms with van der Waals surface area (Å²) in [5, 5.41) is 0. The number of rotatable bonds is 3. The summed E-state index contributed by atoms with van der Waals surface area (Å²) in [6, 6.07) is 3.35. The Morgan fingerprint density at radius 3 is 2.18 bits per heavy atom. The first kappa shape index (κ1) is 15.1. The van der Waals surface area contributed by atoms with Crippen LogP contribution in [0.3, 0.4) is 0 Å². The van der Waals surface area contributed by atoms with Crippen LogP contribution in [-0.4, -0.2) is 25.8 Å². The summed E-state index contributed by atoms with van der Waals surface area (Å²) >= 11 is 6.66. The van der Waals surface area contributed by atoms with E-state index in [-0.39, 0.29) is 10.9 Å². The fourth-order valence-corrected chi connectivity index (χ4v) is 4.26. The van der Waals surface area contributed by atoms with Crippen LogP contribution in [0.5, 0.6) is 0 Å². The van der Waals surface area contributed by atoms with Gasteiger partial charge in [0.1, 0.15) is 0 Å². The summed E-state index contributed by atoms with van der Waals surface area (Å²) in [4.78, 5) is 0.283. The molecule has 0 atom stereocenters. The lowest BCUT2D eigenvalue weighted by molar-refractivity contribution is 0.410. The molecule has 0 bridgehead atoms. The molecule has 0 spiro atoms. The van der Waals surface area contributed by atoms with Gasteiger partial charge in [0.05, 0.1) is 4.90 Å². The quantitative estimate of drug-likeness (QED) is 0.798. The molecule has 0 unspecified atom stereocenters. The molecule has 0 saturated heterocycles. The molecule has 0 aliphatic carbocycles. The lowest BCUT2D eigenvalue weighted by atomic mass is 10.2.